The van der Waals surface area contributed by atoms with Crippen molar-refractivity contribution in [3.8, 4) is 0 Å². The molecule has 1 saturated heterocycles. The first-order valence-corrected chi connectivity index (χ1v) is 9.27. The maximum absolute atomic E-state index is 13.0. The zero-order chi connectivity index (χ0) is 16.8. The van der Waals surface area contributed by atoms with Gasteiger partial charge in [-0.05, 0) is 56.2 Å². The van der Waals surface area contributed by atoms with Gasteiger partial charge in [0.15, 0.2) is 0 Å². The van der Waals surface area contributed by atoms with Gasteiger partial charge >= 0.3 is 0 Å². The molecule has 0 radical (unpaired) electrons. The average Bonchev–Trinajstić information content (AvgIpc) is 3.31. The molecule has 1 aliphatic heterocycles. The maximum Gasteiger partial charge on any atom is 0.226 e. The van der Waals surface area contributed by atoms with Crippen molar-refractivity contribution < 1.29 is 9.53 Å². The SMILES string of the molecule is COCCN(CCCc1ccccc1)C(=O)C1CC12CCNCC2.Cl. The van der Waals surface area contributed by atoms with Gasteiger partial charge in [-0.1, -0.05) is 30.3 Å². The second-order valence-electron chi connectivity index (χ2n) is 7.28. The third-order valence-corrected chi connectivity index (χ3v) is 5.70. The van der Waals surface area contributed by atoms with Crippen LogP contribution in [0, 0.1) is 11.3 Å². The lowest BCUT2D eigenvalue weighted by molar-refractivity contribution is -0.134. The van der Waals surface area contributed by atoms with Gasteiger partial charge < -0.3 is 15.0 Å². The highest BCUT2D eigenvalue weighted by atomic mass is 35.5. The molecule has 4 nitrogen and oxygen atoms in total. The summed E-state index contributed by atoms with van der Waals surface area (Å²) in [6.45, 7) is 4.31. The van der Waals surface area contributed by atoms with Gasteiger partial charge in [0.25, 0.3) is 0 Å². The molecule has 2 aliphatic rings. The third-order valence-electron chi connectivity index (χ3n) is 5.70. The van der Waals surface area contributed by atoms with Crippen molar-refractivity contribution in [2.24, 2.45) is 11.3 Å². The van der Waals surface area contributed by atoms with Crippen LogP contribution in [0.4, 0.5) is 0 Å². The fraction of sp³-hybridized carbons (Fsp3) is 0.650. The predicted molar refractivity (Wildman–Crippen MR) is 103 cm³/mol. The zero-order valence-electron chi connectivity index (χ0n) is 15.2. The molecule has 2 fully saturated rings. The lowest BCUT2D eigenvalue weighted by Gasteiger charge is -2.27. The topological polar surface area (TPSA) is 41.6 Å². The Morgan fingerprint density at radius 3 is 2.64 bits per heavy atom. The van der Waals surface area contributed by atoms with Crippen LogP contribution < -0.4 is 5.32 Å². The summed E-state index contributed by atoms with van der Waals surface area (Å²) in [6.07, 6.45) is 5.45. The number of nitrogens with one attached hydrogen (secondary N) is 1. The largest absolute Gasteiger partial charge is 0.383 e. The first-order valence-electron chi connectivity index (χ1n) is 9.27. The minimum absolute atomic E-state index is 0. The highest BCUT2D eigenvalue weighted by Gasteiger charge is 2.58. The lowest BCUT2D eigenvalue weighted by Crippen LogP contribution is -2.39. The minimum atomic E-state index is 0. The Morgan fingerprint density at radius 1 is 1.24 bits per heavy atom. The maximum atomic E-state index is 13.0. The van der Waals surface area contributed by atoms with Crippen LogP contribution in [0.1, 0.15) is 31.2 Å². The second kappa shape index (κ2) is 9.56. The van der Waals surface area contributed by atoms with E-state index in [1.165, 1.54) is 5.56 Å². The number of amides is 1. The van der Waals surface area contributed by atoms with Gasteiger partial charge in [0.1, 0.15) is 0 Å². The number of rotatable bonds is 8. The summed E-state index contributed by atoms with van der Waals surface area (Å²) in [6, 6.07) is 10.5. The van der Waals surface area contributed by atoms with E-state index in [9.17, 15) is 4.79 Å². The number of methoxy groups -OCH3 is 1. The van der Waals surface area contributed by atoms with Crippen molar-refractivity contribution in [1.82, 2.24) is 10.2 Å². The van der Waals surface area contributed by atoms with Gasteiger partial charge in [-0.3, -0.25) is 4.79 Å². The fourth-order valence-corrected chi connectivity index (χ4v) is 4.05. The standard InChI is InChI=1S/C20H30N2O2.ClH/c1-24-15-14-22(13-5-8-17-6-3-2-4-7-17)19(23)18-16-20(18)9-11-21-12-10-20;/h2-4,6-7,18,21H,5,8-16H2,1H3;1H. The predicted octanol–water partition coefficient (Wildman–Crippen LogP) is 2.91. The van der Waals surface area contributed by atoms with Gasteiger partial charge in [-0.25, -0.2) is 0 Å². The summed E-state index contributed by atoms with van der Waals surface area (Å²) in [4.78, 5) is 15.0. The van der Waals surface area contributed by atoms with Crippen LogP contribution in [-0.2, 0) is 16.0 Å². The Kier molecular flexibility index (Phi) is 7.73. The monoisotopic (exact) mass is 366 g/mol. The normalized spacial score (nSPS) is 20.8. The molecule has 1 spiro atoms. The molecule has 140 valence electrons. The van der Waals surface area contributed by atoms with Gasteiger partial charge in [0.05, 0.1) is 6.61 Å². The summed E-state index contributed by atoms with van der Waals surface area (Å²) >= 11 is 0. The molecule has 1 atom stereocenters. The van der Waals surface area contributed by atoms with Gasteiger partial charge in [0, 0.05) is 26.1 Å². The molecular formula is C20H31ClN2O2. The molecule has 1 N–H and O–H groups in total. The van der Waals surface area contributed by atoms with Crippen molar-refractivity contribution in [1.29, 1.82) is 0 Å². The summed E-state index contributed by atoms with van der Waals surface area (Å²) in [7, 11) is 1.71. The van der Waals surface area contributed by atoms with Crippen LogP contribution in [-0.4, -0.2) is 50.7 Å². The first kappa shape index (κ1) is 20.2. The smallest absolute Gasteiger partial charge is 0.226 e. The number of hydrogen-bond donors (Lipinski definition) is 1. The molecule has 1 aliphatic carbocycles. The zero-order valence-corrected chi connectivity index (χ0v) is 16.0. The van der Waals surface area contributed by atoms with Crippen molar-refractivity contribution in [2.45, 2.75) is 32.1 Å². The molecule has 1 unspecified atom stereocenters. The van der Waals surface area contributed by atoms with Crippen LogP contribution >= 0.6 is 12.4 Å². The fourth-order valence-electron chi connectivity index (χ4n) is 4.05. The summed E-state index contributed by atoms with van der Waals surface area (Å²) in [5, 5.41) is 3.41. The van der Waals surface area contributed by atoms with E-state index >= 15 is 0 Å². The van der Waals surface area contributed by atoms with E-state index in [0.29, 0.717) is 17.9 Å². The molecule has 0 bridgehead atoms. The Bertz CT molecular complexity index is 532. The van der Waals surface area contributed by atoms with E-state index in [2.05, 4.69) is 29.6 Å². The molecule has 25 heavy (non-hydrogen) atoms. The molecule has 1 heterocycles. The Morgan fingerprint density at radius 2 is 1.96 bits per heavy atom. The number of ether oxygens (including phenoxy) is 1. The Balaban J connectivity index is 0.00000225. The molecule has 1 aromatic rings. The van der Waals surface area contributed by atoms with Crippen LogP contribution in [0.3, 0.4) is 0 Å². The van der Waals surface area contributed by atoms with Crippen molar-refractivity contribution in [3.63, 3.8) is 0 Å². The van der Waals surface area contributed by atoms with Crippen molar-refractivity contribution in [3.05, 3.63) is 35.9 Å². The minimum Gasteiger partial charge on any atom is -0.383 e. The highest BCUT2D eigenvalue weighted by molar-refractivity contribution is 5.85. The molecule has 1 amide bonds. The van der Waals surface area contributed by atoms with Crippen LogP contribution in [0.2, 0.25) is 0 Å². The van der Waals surface area contributed by atoms with E-state index in [4.69, 9.17) is 4.74 Å². The van der Waals surface area contributed by atoms with E-state index in [-0.39, 0.29) is 18.3 Å². The Labute approximate surface area is 157 Å². The number of aryl methyl sites for hydroxylation is 1. The second-order valence-corrected chi connectivity index (χ2v) is 7.28. The number of benzene rings is 1. The Hall–Kier alpha value is -1.10. The summed E-state index contributed by atoms with van der Waals surface area (Å²) < 4.78 is 5.22. The van der Waals surface area contributed by atoms with Crippen LogP contribution in [0.15, 0.2) is 30.3 Å². The number of hydrogen-bond acceptors (Lipinski definition) is 3. The van der Waals surface area contributed by atoms with Gasteiger partial charge in [-0.15, -0.1) is 12.4 Å². The van der Waals surface area contributed by atoms with Crippen molar-refractivity contribution >= 4 is 18.3 Å². The number of nitrogens with zero attached hydrogens (tertiary/aromatic N) is 1. The quantitative estimate of drug-likeness (QED) is 0.769. The molecule has 1 aromatic carbocycles. The number of piperidine rings is 1. The summed E-state index contributed by atoms with van der Waals surface area (Å²) in [5.41, 5.74) is 1.66. The highest BCUT2D eigenvalue weighted by Crippen LogP contribution is 2.59. The average molecular weight is 367 g/mol. The lowest BCUT2D eigenvalue weighted by atomic mass is 9.91. The van der Waals surface area contributed by atoms with E-state index in [1.807, 2.05) is 11.0 Å². The molecule has 5 heteroatoms. The molecule has 3 rings (SSSR count). The van der Waals surface area contributed by atoms with Crippen LogP contribution in [0.5, 0.6) is 0 Å². The third kappa shape index (κ3) is 5.19. The van der Waals surface area contributed by atoms with Crippen LogP contribution in [0.25, 0.3) is 0 Å². The van der Waals surface area contributed by atoms with E-state index in [0.717, 1.165) is 58.3 Å². The van der Waals surface area contributed by atoms with Gasteiger partial charge in [-0.2, -0.15) is 0 Å². The van der Waals surface area contributed by atoms with E-state index in [1.54, 1.807) is 7.11 Å². The molecular weight excluding hydrogens is 336 g/mol. The van der Waals surface area contributed by atoms with Gasteiger partial charge in [0.2, 0.25) is 5.91 Å². The first-order chi connectivity index (χ1) is 11.7. The number of carbonyl (C=O) groups excluding carboxylic acids is 1. The molecule has 0 aromatic heterocycles. The molecule has 1 saturated carbocycles. The van der Waals surface area contributed by atoms with Crippen molar-refractivity contribution in [2.75, 3.05) is 39.9 Å². The number of halogens is 1. The number of carbonyl (C=O) groups is 1. The summed E-state index contributed by atoms with van der Waals surface area (Å²) in [5.74, 6) is 0.621. The van der Waals surface area contributed by atoms with E-state index < -0.39 is 0 Å².